The number of hydrogen-bond acceptors (Lipinski definition) is 2. The first-order valence-electron chi connectivity index (χ1n) is 9.55. The number of rotatable bonds is 5. The van der Waals surface area contributed by atoms with Gasteiger partial charge in [-0.2, -0.15) is 0 Å². The first-order chi connectivity index (χ1) is 13.0. The summed E-state index contributed by atoms with van der Waals surface area (Å²) in [4.78, 5) is 15.5. The number of amides is 1. The molecule has 2 bridgehead atoms. The number of carbonyl (C=O) groups excluding carboxylic acids is 1. The number of benzene rings is 2. The lowest BCUT2D eigenvalue weighted by molar-refractivity contribution is -0.123. The fourth-order valence-electron chi connectivity index (χ4n) is 4.91. The van der Waals surface area contributed by atoms with Crippen LogP contribution >= 0.6 is 23.2 Å². The Balaban J connectivity index is 1.81. The third-order valence-electron chi connectivity index (χ3n) is 6.41. The summed E-state index contributed by atoms with van der Waals surface area (Å²) in [6, 6.07) is 15.4. The highest BCUT2D eigenvalue weighted by atomic mass is 35.5. The van der Waals surface area contributed by atoms with Gasteiger partial charge in [0.05, 0.1) is 0 Å². The smallest absolute Gasteiger partial charge is 0.232 e. The molecule has 3 saturated heterocycles. The highest BCUT2D eigenvalue weighted by molar-refractivity contribution is 6.30. The van der Waals surface area contributed by atoms with Crippen LogP contribution in [-0.4, -0.2) is 29.9 Å². The Labute approximate surface area is 170 Å². The molecule has 0 radical (unpaired) electrons. The second-order valence-electron chi connectivity index (χ2n) is 7.86. The van der Waals surface area contributed by atoms with Gasteiger partial charge in [-0.3, -0.25) is 4.79 Å². The van der Waals surface area contributed by atoms with Crippen LogP contribution in [0.15, 0.2) is 48.5 Å². The van der Waals surface area contributed by atoms with Crippen LogP contribution in [0.3, 0.4) is 0 Å². The zero-order chi connectivity index (χ0) is 19.0. The molecule has 3 nitrogen and oxygen atoms in total. The van der Waals surface area contributed by atoms with E-state index in [1.807, 2.05) is 48.5 Å². The lowest BCUT2D eigenvalue weighted by Gasteiger charge is -2.48. The van der Waals surface area contributed by atoms with Crippen molar-refractivity contribution in [1.82, 2.24) is 4.90 Å². The monoisotopic (exact) mass is 402 g/mol. The van der Waals surface area contributed by atoms with Crippen molar-refractivity contribution in [3.8, 4) is 0 Å². The SMILES string of the molecule is NC(=O)C(CC1CC2CCN1CC2)(c1ccc(Cl)cc1)c1ccc(Cl)cc1. The van der Waals surface area contributed by atoms with Gasteiger partial charge < -0.3 is 10.6 Å². The van der Waals surface area contributed by atoms with E-state index in [0.717, 1.165) is 36.6 Å². The maximum Gasteiger partial charge on any atom is 0.232 e. The van der Waals surface area contributed by atoms with Crippen molar-refractivity contribution in [2.75, 3.05) is 13.1 Å². The Morgan fingerprint density at radius 1 is 0.963 bits per heavy atom. The van der Waals surface area contributed by atoms with Crippen LogP contribution < -0.4 is 5.73 Å². The number of nitrogens with zero attached hydrogens (tertiary/aromatic N) is 1. The molecule has 0 aliphatic carbocycles. The number of hydrogen-bond donors (Lipinski definition) is 1. The first-order valence-corrected chi connectivity index (χ1v) is 10.3. The van der Waals surface area contributed by atoms with Crippen molar-refractivity contribution in [1.29, 1.82) is 0 Å². The number of carbonyl (C=O) groups is 1. The summed E-state index contributed by atoms with van der Waals surface area (Å²) in [6.07, 6.45) is 4.35. The van der Waals surface area contributed by atoms with Crippen LogP contribution in [0.25, 0.3) is 0 Å². The van der Waals surface area contributed by atoms with Crippen molar-refractivity contribution in [2.45, 2.75) is 37.1 Å². The van der Waals surface area contributed by atoms with Gasteiger partial charge in [0, 0.05) is 16.1 Å². The summed E-state index contributed by atoms with van der Waals surface area (Å²) < 4.78 is 0. The van der Waals surface area contributed by atoms with Crippen molar-refractivity contribution < 1.29 is 4.79 Å². The Morgan fingerprint density at radius 3 is 1.81 bits per heavy atom. The fourth-order valence-corrected chi connectivity index (χ4v) is 5.16. The van der Waals surface area contributed by atoms with Gasteiger partial charge in [-0.05, 0) is 80.1 Å². The van der Waals surface area contributed by atoms with E-state index in [-0.39, 0.29) is 5.91 Å². The van der Waals surface area contributed by atoms with E-state index in [4.69, 9.17) is 28.9 Å². The highest BCUT2D eigenvalue weighted by Gasteiger charge is 2.45. The van der Waals surface area contributed by atoms with E-state index < -0.39 is 5.41 Å². The van der Waals surface area contributed by atoms with Crippen LogP contribution in [0.5, 0.6) is 0 Å². The predicted octanol–water partition coefficient (Wildman–Crippen LogP) is 4.64. The zero-order valence-corrected chi connectivity index (χ0v) is 16.7. The summed E-state index contributed by atoms with van der Waals surface area (Å²) in [5, 5.41) is 1.29. The second kappa shape index (κ2) is 7.46. The third-order valence-corrected chi connectivity index (χ3v) is 6.91. The van der Waals surface area contributed by atoms with Gasteiger partial charge in [0.1, 0.15) is 5.41 Å². The molecule has 3 heterocycles. The summed E-state index contributed by atoms with van der Waals surface area (Å²) >= 11 is 12.2. The van der Waals surface area contributed by atoms with Gasteiger partial charge >= 0.3 is 0 Å². The maximum absolute atomic E-state index is 13.0. The van der Waals surface area contributed by atoms with E-state index in [9.17, 15) is 4.79 Å². The summed E-state index contributed by atoms with van der Waals surface area (Å²) in [6.45, 7) is 2.23. The van der Waals surface area contributed by atoms with Crippen molar-refractivity contribution in [2.24, 2.45) is 11.7 Å². The van der Waals surface area contributed by atoms with Crippen LogP contribution in [0.1, 0.15) is 36.8 Å². The molecule has 0 saturated carbocycles. The standard InChI is InChI=1S/C22H24Cl2N2O/c23-18-5-1-16(2-6-18)22(21(25)27,17-3-7-19(24)8-4-17)14-20-13-15-9-11-26(20)12-10-15/h1-8,15,20H,9-14H2,(H2,25,27). The van der Waals surface area contributed by atoms with Gasteiger partial charge in [-0.1, -0.05) is 47.5 Å². The average Bonchev–Trinajstić information content (AvgIpc) is 2.68. The van der Waals surface area contributed by atoms with E-state index in [1.54, 1.807) is 0 Å². The Morgan fingerprint density at radius 2 is 1.44 bits per heavy atom. The molecule has 27 heavy (non-hydrogen) atoms. The summed E-state index contributed by atoms with van der Waals surface area (Å²) in [7, 11) is 0. The van der Waals surface area contributed by atoms with E-state index in [1.165, 1.54) is 12.8 Å². The van der Waals surface area contributed by atoms with Gasteiger partial charge in [0.2, 0.25) is 5.91 Å². The van der Waals surface area contributed by atoms with Crippen LogP contribution in [-0.2, 0) is 10.2 Å². The first kappa shape index (κ1) is 18.8. The largest absolute Gasteiger partial charge is 0.369 e. The molecule has 142 valence electrons. The predicted molar refractivity (Wildman–Crippen MR) is 110 cm³/mol. The Kier molecular flexibility index (Phi) is 5.19. The van der Waals surface area contributed by atoms with Gasteiger partial charge in [-0.25, -0.2) is 0 Å². The number of nitrogens with two attached hydrogens (primary N) is 1. The molecule has 5 rings (SSSR count). The Bertz CT molecular complexity index is 766. The lowest BCUT2D eigenvalue weighted by Crippen LogP contribution is -2.54. The quantitative estimate of drug-likeness (QED) is 0.791. The number of piperidine rings is 3. The molecule has 1 atom stereocenters. The van der Waals surface area contributed by atoms with Crippen molar-refractivity contribution in [3.05, 3.63) is 69.7 Å². The topological polar surface area (TPSA) is 46.3 Å². The number of halogens is 2. The summed E-state index contributed by atoms with van der Waals surface area (Å²) in [5.74, 6) is 0.441. The van der Waals surface area contributed by atoms with Gasteiger partial charge in [-0.15, -0.1) is 0 Å². The second-order valence-corrected chi connectivity index (χ2v) is 8.73. The van der Waals surface area contributed by atoms with Crippen LogP contribution in [0.2, 0.25) is 10.0 Å². The van der Waals surface area contributed by atoms with Gasteiger partial charge in [0.25, 0.3) is 0 Å². The maximum atomic E-state index is 13.0. The van der Waals surface area contributed by atoms with Crippen LogP contribution in [0, 0.1) is 5.92 Å². The molecule has 5 heteroatoms. The molecular weight excluding hydrogens is 379 g/mol. The molecule has 0 aromatic heterocycles. The van der Waals surface area contributed by atoms with Gasteiger partial charge in [0.15, 0.2) is 0 Å². The molecule has 3 fully saturated rings. The molecular formula is C22H24Cl2N2O. The van der Waals surface area contributed by atoms with Crippen molar-refractivity contribution in [3.63, 3.8) is 0 Å². The molecule has 0 spiro atoms. The minimum atomic E-state index is -0.892. The zero-order valence-electron chi connectivity index (χ0n) is 15.2. The normalized spacial score (nSPS) is 24.7. The molecule has 1 amide bonds. The molecule has 3 aliphatic heterocycles. The lowest BCUT2D eigenvalue weighted by atomic mass is 9.67. The average molecular weight is 403 g/mol. The third kappa shape index (κ3) is 3.49. The molecule has 2 N–H and O–H groups in total. The minimum Gasteiger partial charge on any atom is -0.369 e. The Hall–Kier alpha value is -1.55. The number of fused-ring (bicyclic) bond motifs is 3. The van der Waals surface area contributed by atoms with E-state index in [0.29, 0.717) is 22.5 Å². The molecule has 2 aromatic rings. The fraction of sp³-hybridized carbons (Fsp3) is 0.409. The number of primary amides is 1. The molecule has 2 aromatic carbocycles. The van der Waals surface area contributed by atoms with Crippen molar-refractivity contribution >= 4 is 29.1 Å². The molecule has 3 aliphatic rings. The molecule has 1 unspecified atom stereocenters. The summed E-state index contributed by atoms with van der Waals surface area (Å²) in [5.41, 5.74) is 7.00. The van der Waals surface area contributed by atoms with E-state index in [2.05, 4.69) is 4.90 Å². The highest BCUT2D eigenvalue weighted by Crippen LogP contribution is 2.43. The van der Waals surface area contributed by atoms with E-state index >= 15 is 0 Å². The van der Waals surface area contributed by atoms with Crippen LogP contribution in [0.4, 0.5) is 0 Å². The minimum absolute atomic E-state index is 0.324.